The highest BCUT2D eigenvalue weighted by Crippen LogP contribution is 2.32. The number of halogens is 1. The lowest BCUT2D eigenvalue weighted by molar-refractivity contribution is -0.148. The number of carbonyl (C=O) groups excluding carboxylic acids is 2. The molecule has 164 valence electrons. The Morgan fingerprint density at radius 1 is 1.10 bits per heavy atom. The number of hydrogen-bond acceptors (Lipinski definition) is 4. The van der Waals surface area contributed by atoms with E-state index in [1.165, 1.54) is 17.0 Å². The summed E-state index contributed by atoms with van der Waals surface area (Å²) in [4.78, 5) is 37.5. The van der Waals surface area contributed by atoms with E-state index < -0.39 is 17.9 Å². The standard InChI is InChI=1S/C23H25FN2O5/c24-18-10-8-16(9-11-18)17-13-20(23(29)30)26(15-17)22(28)14-25-21(27)7-4-12-31-19-5-2-1-3-6-19/h1-3,5-6,8-11,17,20H,4,7,12-15H2,(H,25,27)(H,29,30)/t17?,20-/m1/s1. The van der Waals surface area contributed by atoms with Gasteiger partial charge >= 0.3 is 5.97 Å². The molecule has 1 heterocycles. The van der Waals surface area contributed by atoms with Crippen LogP contribution in [0, 0.1) is 5.82 Å². The summed E-state index contributed by atoms with van der Waals surface area (Å²) < 4.78 is 18.7. The largest absolute Gasteiger partial charge is 0.494 e. The van der Waals surface area contributed by atoms with Crippen LogP contribution in [0.1, 0.15) is 30.7 Å². The quantitative estimate of drug-likeness (QED) is 0.599. The topological polar surface area (TPSA) is 95.9 Å². The fraction of sp³-hybridized carbons (Fsp3) is 0.348. The number of carbonyl (C=O) groups is 3. The molecular weight excluding hydrogens is 403 g/mol. The number of carboxylic acids is 1. The van der Waals surface area contributed by atoms with Gasteiger partial charge in [-0.05, 0) is 42.7 Å². The monoisotopic (exact) mass is 428 g/mol. The number of rotatable bonds is 9. The molecule has 1 saturated heterocycles. The van der Waals surface area contributed by atoms with Crippen LogP contribution in [0.15, 0.2) is 54.6 Å². The average molecular weight is 428 g/mol. The predicted molar refractivity (Wildman–Crippen MR) is 111 cm³/mol. The van der Waals surface area contributed by atoms with Gasteiger partial charge in [0.25, 0.3) is 0 Å². The zero-order valence-electron chi connectivity index (χ0n) is 17.0. The zero-order valence-corrected chi connectivity index (χ0v) is 17.0. The first-order chi connectivity index (χ1) is 14.9. The Hall–Kier alpha value is -3.42. The molecule has 0 spiro atoms. The van der Waals surface area contributed by atoms with Crippen LogP contribution >= 0.6 is 0 Å². The third-order valence-corrected chi connectivity index (χ3v) is 5.24. The van der Waals surface area contributed by atoms with E-state index in [4.69, 9.17) is 4.74 Å². The molecule has 2 amide bonds. The molecule has 1 aliphatic heterocycles. The first-order valence-electron chi connectivity index (χ1n) is 10.2. The van der Waals surface area contributed by atoms with Gasteiger partial charge in [0, 0.05) is 18.9 Å². The Balaban J connectivity index is 1.45. The predicted octanol–water partition coefficient (Wildman–Crippen LogP) is 2.57. The molecular formula is C23H25FN2O5. The second-order valence-corrected chi connectivity index (χ2v) is 7.43. The summed E-state index contributed by atoms with van der Waals surface area (Å²) in [5.41, 5.74) is 0.783. The van der Waals surface area contributed by atoms with E-state index in [-0.39, 0.29) is 43.6 Å². The molecule has 0 saturated carbocycles. The molecule has 31 heavy (non-hydrogen) atoms. The number of nitrogens with one attached hydrogen (secondary N) is 1. The molecule has 2 atom stereocenters. The van der Waals surface area contributed by atoms with Crippen molar-refractivity contribution in [2.75, 3.05) is 19.7 Å². The maximum absolute atomic E-state index is 13.2. The molecule has 2 aromatic carbocycles. The van der Waals surface area contributed by atoms with E-state index in [1.54, 1.807) is 12.1 Å². The van der Waals surface area contributed by atoms with E-state index in [2.05, 4.69) is 5.32 Å². The number of amides is 2. The van der Waals surface area contributed by atoms with Gasteiger partial charge in [0.1, 0.15) is 17.6 Å². The van der Waals surface area contributed by atoms with Crippen LogP contribution in [0.3, 0.4) is 0 Å². The zero-order chi connectivity index (χ0) is 22.2. The summed E-state index contributed by atoms with van der Waals surface area (Å²) in [6.07, 6.45) is 0.932. The van der Waals surface area contributed by atoms with Crippen molar-refractivity contribution in [2.24, 2.45) is 0 Å². The summed E-state index contributed by atoms with van der Waals surface area (Å²) in [7, 11) is 0. The first kappa shape index (κ1) is 22.3. The molecule has 7 nitrogen and oxygen atoms in total. The third-order valence-electron chi connectivity index (χ3n) is 5.24. The maximum atomic E-state index is 13.2. The fourth-order valence-electron chi connectivity index (χ4n) is 3.63. The molecule has 2 N–H and O–H groups in total. The van der Waals surface area contributed by atoms with Crippen LogP contribution in [0.2, 0.25) is 0 Å². The number of nitrogens with zero attached hydrogens (tertiary/aromatic N) is 1. The molecule has 0 radical (unpaired) electrons. The molecule has 0 bridgehead atoms. The van der Waals surface area contributed by atoms with Crippen LogP contribution in [-0.2, 0) is 14.4 Å². The van der Waals surface area contributed by atoms with Crippen molar-refractivity contribution in [1.29, 1.82) is 0 Å². The summed E-state index contributed by atoms with van der Waals surface area (Å²) in [6, 6.07) is 14.1. The van der Waals surface area contributed by atoms with Crippen molar-refractivity contribution in [1.82, 2.24) is 10.2 Å². The molecule has 0 aliphatic carbocycles. The highest BCUT2D eigenvalue weighted by molar-refractivity contribution is 5.88. The van der Waals surface area contributed by atoms with E-state index in [0.717, 1.165) is 11.3 Å². The van der Waals surface area contributed by atoms with Gasteiger partial charge in [0.15, 0.2) is 0 Å². The second kappa shape index (κ2) is 10.6. The summed E-state index contributed by atoms with van der Waals surface area (Å²) in [5.74, 6) is -1.69. The summed E-state index contributed by atoms with van der Waals surface area (Å²) in [5, 5.41) is 12.1. The molecule has 8 heteroatoms. The van der Waals surface area contributed by atoms with Gasteiger partial charge < -0.3 is 20.1 Å². The van der Waals surface area contributed by atoms with E-state index in [9.17, 15) is 23.9 Å². The number of para-hydroxylation sites is 1. The van der Waals surface area contributed by atoms with Gasteiger partial charge in [-0.25, -0.2) is 9.18 Å². The van der Waals surface area contributed by atoms with Gasteiger partial charge in [0.2, 0.25) is 11.8 Å². The van der Waals surface area contributed by atoms with Crippen molar-refractivity contribution in [2.45, 2.75) is 31.2 Å². The minimum absolute atomic E-state index is 0.195. The van der Waals surface area contributed by atoms with Crippen LogP contribution in [0.4, 0.5) is 4.39 Å². The lowest BCUT2D eigenvalue weighted by Crippen LogP contribution is -2.45. The molecule has 3 rings (SSSR count). The van der Waals surface area contributed by atoms with E-state index in [0.29, 0.717) is 13.0 Å². The van der Waals surface area contributed by atoms with Crippen LogP contribution < -0.4 is 10.1 Å². The number of ether oxygens (including phenoxy) is 1. The second-order valence-electron chi connectivity index (χ2n) is 7.43. The van der Waals surface area contributed by atoms with Crippen LogP contribution in [-0.4, -0.2) is 53.5 Å². The van der Waals surface area contributed by atoms with E-state index in [1.807, 2.05) is 30.3 Å². The van der Waals surface area contributed by atoms with Gasteiger partial charge in [-0.15, -0.1) is 0 Å². The highest BCUT2D eigenvalue weighted by atomic mass is 19.1. The number of hydrogen-bond donors (Lipinski definition) is 2. The number of aliphatic carboxylic acids is 1. The average Bonchev–Trinajstić information content (AvgIpc) is 3.22. The Bertz CT molecular complexity index is 904. The van der Waals surface area contributed by atoms with Gasteiger partial charge in [-0.3, -0.25) is 9.59 Å². The number of carboxylic acid groups (broad SMARTS) is 1. The Kier molecular flexibility index (Phi) is 7.59. The molecule has 1 fully saturated rings. The van der Waals surface area contributed by atoms with Crippen molar-refractivity contribution in [3.8, 4) is 5.75 Å². The molecule has 1 unspecified atom stereocenters. The highest BCUT2D eigenvalue weighted by Gasteiger charge is 2.40. The smallest absolute Gasteiger partial charge is 0.326 e. The Morgan fingerprint density at radius 3 is 2.48 bits per heavy atom. The van der Waals surface area contributed by atoms with Crippen molar-refractivity contribution in [3.05, 3.63) is 66.0 Å². The minimum atomic E-state index is -1.10. The normalized spacial score (nSPS) is 17.9. The van der Waals surface area contributed by atoms with Crippen molar-refractivity contribution in [3.63, 3.8) is 0 Å². The first-order valence-corrected chi connectivity index (χ1v) is 10.2. The van der Waals surface area contributed by atoms with Gasteiger partial charge in [-0.2, -0.15) is 0 Å². The molecule has 2 aromatic rings. The van der Waals surface area contributed by atoms with Gasteiger partial charge in [0.05, 0.1) is 13.2 Å². The SMILES string of the molecule is O=C(CCCOc1ccccc1)NCC(=O)N1CC(c2ccc(F)cc2)C[C@@H]1C(=O)O. The lowest BCUT2D eigenvalue weighted by atomic mass is 9.96. The Morgan fingerprint density at radius 2 is 1.81 bits per heavy atom. The summed E-state index contributed by atoms with van der Waals surface area (Å²) >= 11 is 0. The number of likely N-dealkylation sites (tertiary alicyclic amines) is 1. The van der Waals surface area contributed by atoms with Crippen LogP contribution in [0.5, 0.6) is 5.75 Å². The van der Waals surface area contributed by atoms with Crippen molar-refractivity contribution >= 4 is 17.8 Å². The van der Waals surface area contributed by atoms with Crippen LogP contribution in [0.25, 0.3) is 0 Å². The van der Waals surface area contributed by atoms with E-state index >= 15 is 0 Å². The lowest BCUT2D eigenvalue weighted by Gasteiger charge is -2.21. The van der Waals surface area contributed by atoms with Gasteiger partial charge in [-0.1, -0.05) is 30.3 Å². The number of benzene rings is 2. The van der Waals surface area contributed by atoms with Crippen molar-refractivity contribution < 1.29 is 28.6 Å². The fourth-order valence-corrected chi connectivity index (χ4v) is 3.63. The molecule has 1 aliphatic rings. The minimum Gasteiger partial charge on any atom is -0.494 e. The third kappa shape index (κ3) is 6.28. The molecule has 0 aromatic heterocycles. The maximum Gasteiger partial charge on any atom is 0.326 e. The Labute approximate surface area is 179 Å². The summed E-state index contributed by atoms with van der Waals surface area (Å²) in [6.45, 7) is 0.318.